The van der Waals surface area contributed by atoms with Gasteiger partial charge in [-0.1, -0.05) is 164 Å². The van der Waals surface area contributed by atoms with Crippen LogP contribution < -0.4 is 9.80 Å². The normalized spacial score (nSPS) is 14.5. The van der Waals surface area contributed by atoms with E-state index in [4.69, 9.17) is 4.42 Å². The molecule has 3 heteroatoms. The minimum Gasteiger partial charge on any atom is -0.454 e. The molecule has 0 saturated heterocycles. The predicted molar refractivity (Wildman–Crippen MR) is 257 cm³/mol. The second-order valence-corrected chi connectivity index (χ2v) is 16.4. The molecule has 1 spiro atoms. The summed E-state index contributed by atoms with van der Waals surface area (Å²) < 4.78 is 6.87. The number of fused-ring (bicyclic) bond motifs is 15. The highest BCUT2D eigenvalue weighted by Gasteiger charge is 2.54. The van der Waals surface area contributed by atoms with Gasteiger partial charge in [0, 0.05) is 39.1 Å². The molecule has 2 aliphatic rings. The van der Waals surface area contributed by atoms with Gasteiger partial charge in [0.1, 0.15) is 5.58 Å². The highest BCUT2D eigenvalue weighted by Crippen LogP contribution is 2.67. The van der Waals surface area contributed by atoms with Crippen molar-refractivity contribution in [3.8, 4) is 22.3 Å². The van der Waals surface area contributed by atoms with Gasteiger partial charge in [-0.15, -0.1) is 0 Å². The molecular weight excluding hydrogens is 753 g/mol. The zero-order chi connectivity index (χ0) is 40.8. The SMILES string of the molecule is c1ccc(N(c2ccccc2)c2ccc3c(c2)-c2ccccc2C32c3ccccc3-c3c2c(N(c2ccccc2)c2cccc4c2oc2ccccc24)cc2ccccc32)cc1. The largest absolute Gasteiger partial charge is 0.454 e. The fourth-order valence-electron chi connectivity index (χ4n) is 10.8. The van der Waals surface area contributed by atoms with Gasteiger partial charge in [0.05, 0.1) is 16.8 Å². The van der Waals surface area contributed by atoms with E-state index in [1.54, 1.807) is 0 Å². The molecule has 0 saturated carbocycles. The van der Waals surface area contributed by atoms with E-state index in [0.29, 0.717) is 0 Å². The number of furan rings is 1. The Morgan fingerprint density at radius 3 is 1.61 bits per heavy atom. The van der Waals surface area contributed by atoms with E-state index in [1.165, 1.54) is 55.3 Å². The van der Waals surface area contributed by atoms with Crippen LogP contribution in [0.15, 0.2) is 235 Å². The highest BCUT2D eigenvalue weighted by molar-refractivity contribution is 6.14. The first-order valence-corrected chi connectivity index (χ1v) is 21.4. The average Bonchev–Trinajstić information content (AvgIpc) is 3.98. The second-order valence-electron chi connectivity index (χ2n) is 16.4. The van der Waals surface area contributed by atoms with Crippen LogP contribution in [0.3, 0.4) is 0 Å². The Labute approximate surface area is 360 Å². The third-order valence-corrected chi connectivity index (χ3v) is 13.2. The maximum absolute atomic E-state index is 6.87. The highest BCUT2D eigenvalue weighted by atomic mass is 16.3. The van der Waals surface area contributed by atoms with Gasteiger partial charge in [-0.25, -0.2) is 0 Å². The third kappa shape index (κ3) is 4.82. The van der Waals surface area contributed by atoms with Crippen molar-refractivity contribution in [2.24, 2.45) is 0 Å². The van der Waals surface area contributed by atoms with Crippen molar-refractivity contribution in [3.05, 3.63) is 253 Å². The van der Waals surface area contributed by atoms with E-state index in [2.05, 4.69) is 240 Å². The third-order valence-electron chi connectivity index (χ3n) is 13.2. The van der Waals surface area contributed by atoms with E-state index in [0.717, 1.165) is 56.1 Å². The Hall–Kier alpha value is -8.14. The first-order valence-electron chi connectivity index (χ1n) is 21.4. The van der Waals surface area contributed by atoms with Crippen molar-refractivity contribution in [2.45, 2.75) is 5.41 Å². The Bertz CT molecular complexity index is 3500. The Morgan fingerprint density at radius 1 is 0.339 bits per heavy atom. The Kier molecular flexibility index (Phi) is 7.52. The quantitative estimate of drug-likeness (QED) is 0.167. The number of anilines is 6. The van der Waals surface area contributed by atoms with Crippen molar-refractivity contribution in [1.82, 2.24) is 0 Å². The van der Waals surface area contributed by atoms with Gasteiger partial charge < -0.3 is 14.2 Å². The van der Waals surface area contributed by atoms with E-state index in [9.17, 15) is 0 Å². The molecule has 0 amide bonds. The van der Waals surface area contributed by atoms with Crippen LogP contribution >= 0.6 is 0 Å². The summed E-state index contributed by atoms with van der Waals surface area (Å²) in [6.45, 7) is 0. The molecule has 62 heavy (non-hydrogen) atoms. The molecule has 290 valence electrons. The van der Waals surface area contributed by atoms with Crippen LogP contribution in [0.1, 0.15) is 22.3 Å². The van der Waals surface area contributed by atoms with Gasteiger partial charge in [-0.05, 0) is 116 Å². The molecule has 0 aliphatic heterocycles. The number of para-hydroxylation sites is 5. The topological polar surface area (TPSA) is 19.6 Å². The minimum atomic E-state index is -0.644. The van der Waals surface area contributed by atoms with Gasteiger partial charge in [0.15, 0.2) is 5.58 Å². The average molecular weight is 791 g/mol. The summed E-state index contributed by atoms with van der Waals surface area (Å²) in [6, 6.07) is 84.0. The van der Waals surface area contributed by atoms with Crippen LogP contribution in [0.2, 0.25) is 0 Å². The summed E-state index contributed by atoms with van der Waals surface area (Å²) >= 11 is 0. The summed E-state index contributed by atoms with van der Waals surface area (Å²) in [5, 5.41) is 4.64. The van der Waals surface area contributed by atoms with Crippen LogP contribution in [0.5, 0.6) is 0 Å². The zero-order valence-electron chi connectivity index (χ0n) is 33.7. The van der Waals surface area contributed by atoms with Crippen molar-refractivity contribution < 1.29 is 4.42 Å². The van der Waals surface area contributed by atoms with Crippen molar-refractivity contribution in [3.63, 3.8) is 0 Å². The number of rotatable bonds is 6. The van der Waals surface area contributed by atoms with Crippen molar-refractivity contribution in [1.29, 1.82) is 0 Å². The molecular formula is C59H38N2O. The zero-order valence-corrected chi connectivity index (χ0v) is 33.7. The number of hydrogen-bond acceptors (Lipinski definition) is 3. The molecule has 1 aromatic heterocycles. The van der Waals surface area contributed by atoms with Crippen molar-refractivity contribution in [2.75, 3.05) is 9.80 Å². The Morgan fingerprint density at radius 2 is 0.887 bits per heavy atom. The first kappa shape index (κ1) is 34.7. The molecule has 0 bridgehead atoms. The van der Waals surface area contributed by atoms with Crippen LogP contribution in [0.25, 0.3) is 55.0 Å². The summed E-state index contributed by atoms with van der Waals surface area (Å²) in [4.78, 5) is 4.83. The summed E-state index contributed by atoms with van der Waals surface area (Å²) in [5.41, 5.74) is 17.8. The van der Waals surface area contributed by atoms with Crippen LogP contribution in [0, 0.1) is 0 Å². The fourth-order valence-corrected chi connectivity index (χ4v) is 10.8. The summed E-state index contributed by atoms with van der Waals surface area (Å²) in [6.07, 6.45) is 0. The molecule has 0 N–H and O–H groups in total. The lowest BCUT2D eigenvalue weighted by Crippen LogP contribution is -2.28. The van der Waals surface area contributed by atoms with E-state index < -0.39 is 5.41 Å². The molecule has 3 nitrogen and oxygen atoms in total. The molecule has 2 aliphatic carbocycles. The predicted octanol–water partition coefficient (Wildman–Crippen LogP) is 16.0. The summed E-state index contributed by atoms with van der Waals surface area (Å²) in [5.74, 6) is 0. The van der Waals surface area contributed by atoms with E-state index >= 15 is 0 Å². The molecule has 13 rings (SSSR count). The van der Waals surface area contributed by atoms with Gasteiger partial charge in [-0.3, -0.25) is 0 Å². The smallest absolute Gasteiger partial charge is 0.159 e. The molecule has 1 heterocycles. The summed E-state index contributed by atoms with van der Waals surface area (Å²) in [7, 11) is 0. The standard InChI is InChI=1S/C59H38N2O/c1-4-20-40(21-5-1)60(41-22-6-2-7-23-41)43-35-36-52-49(38-43)45-27-12-15-31-50(45)59(52)51-32-16-13-29-48(51)56-44-26-11-10-19-39(44)37-54(57(56)59)61(42-24-8-3-9-25-42)53-33-18-30-47-46-28-14-17-34-55(46)62-58(47)53/h1-38H. The molecule has 0 fully saturated rings. The number of nitrogens with zero attached hydrogens (tertiary/aromatic N) is 2. The lowest BCUT2D eigenvalue weighted by Gasteiger charge is -2.36. The maximum atomic E-state index is 6.87. The monoisotopic (exact) mass is 790 g/mol. The van der Waals surface area contributed by atoms with Gasteiger partial charge in [-0.2, -0.15) is 0 Å². The molecule has 11 aromatic rings. The van der Waals surface area contributed by atoms with Crippen LogP contribution in [-0.2, 0) is 5.41 Å². The Balaban J connectivity index is 1.16. The fraction of sp³-hybridized carbons (Fsp3) is 0.0169. The number of hydrogen-bond donors (Lipinski definition) is 0. The van der Waals surface area contributed by atoms with Gasteiger partial charge in [0.2, 0.25) is 0 Å². The lowest BCUT2D eigenvalue weighted by molar-refractivity contribution is 0.669. The molecule has 0 radical (unpaired) electrons. The van der Waals surface area contributed by atoms with Crippen LogP contribution in [-0.4, -0.2) is 0 Å². The molecule has 1 unspecified atom stereocenters. The van der Waals surface area contributed by atoms with Crippen molar-refractivity contribution >= 4 is 66.8 Å². The molecule has 10 aromatic carbocycles. The maximum Gasteiger partial charge on any atom is 0.159 e. The first-order chi connectivity index (χ1) is 30.8. The molecule has 1 atom stereocenters. The van der Waals surface area contributed by atoms with Gasteiger partial charge in [0.25, 0.3) is 0 Å². The minimum absolute atomic E-state index is 0.644. The number of benzene rings is 10. The van der Waals surface area contributed by atoms with E-state index in [1.807, 2.05) is 0 Å². The van der Waals surface area contributed by atoms with Crippen LogP contribution in [0.4, 0.5) is 34.1 Å². The lowest BCUT2D eigenvalue weighted by atomic mass is 9.69. The van der Waals surface area contributed by atoms with E-state index in [-0.39, 0.29) is 0 Å². The van der Waals surface area contributed by atoms with Gasteiger partial charge >= 0.3 is 0 Å². The second kappa shape index (κ2) is 13.4.